The molecular formula is C24H24O4. The lowest BCUT2D eigenvalue weighted by Gasteiger charge is -2.10. The van der Waals surface area contributed by atoms with E-state index >= 15 is 0 Å². The van der Waals surface area contributed by atoms with Crippen LogP contribution in [0.25, 0.3) is 11.1 Å². The van der Waals surface area contributed by atoms with E-state index < -0.39 is 0 Å². The number of carbonyl (C=O) groups is 1. The SMILES string of the molecule is COC(=O)CCc1ccc(OCc2cccc(-c3cccc(OC)c3)c2)cc1. The van der Waals surface area contributed by atoms with Crippen molar-refractivity contribution in [3.05, 3.63) is 83.9 Å². The fourth-order valence-corrected chi connectivity index (χ4v) is 2.91. The molecule has 0 saturated carbocycles. The molecule has 4 heteroatoms. The molecule has 0 spiro atoms. The van der Waals surface area contributed by atoms with Crippen molar-refractivity contribution in [1.29, 1.82) is 0 Å². The van der Waals surface area contributed by atoms with Gasteiger partial charge < -0.3 is 14.2 Å². The van der Waals surface area contributed by atoms with E-state index in [1.165, 1.54) is 7.11 Å². The van der Waals surface area contributed by atoms with E-state index in [1.54, 1.807) is 7.11 Å². The highest BCUT2D eigenvalue weighted by Crippen LogP contribution is 2.25. The number of esters is 1. The molecular weight excluding hydrogens is 352 g/mol. The minimum absolute atomic E-state index is 0.198. The average molecular weight is 376 g/mol. The van der Waals surface area contributed by atoms with Crippen LogP contribution in [0.3, 0.4) is 0 Å². The lowest BCUT2D eigenvalue weighted by Crippen LogP contribution is -2.02. The molecule has 0 radical (unpaired) electrons. The molecule has 0 aliphatic rings. The largest absolute Gasteiger partial charge is 0.497 e. The molecule has 0 atom stereocenters. The number of hydrogen-bond donors (Lipinski definition) is 0. The van der Waals surface area contributed by atoms with E-state index in [4.69, 9.17) is 9.47 Å². The molecule has 3 rings (SSSR count). The molecule has 4 nitrogen and oxygen atoms in total. The molecule has 0 heterocycles. The number of hydrogen-bond acceptors (Lipinski definition) is 4. The Kier molecular flexibility index (Phi) is 6.68. The van der Waals surface area contributed by atoms with E-state index in [-0.39, 0.29) is 5.97 Å². The molecule has 0 fully saturated rings. The van der Waals surface area contributed by atoms with E-state index in [2.05, 4.69) is 29.0 Å². The lowest BCUT2D eigenvalue weighted by atomic mass is 10.0. The highest BCUT2D eigenvalue weighted by atomic mass is 16.5. The number of rotatable bonds is 8. The topological polar surface area (TPSA) is 44.8 Å². The third-order valence-corrected chi connectivity index (χ3v) is 4.50. The average Bonchev–Trinajstić information content (AvgIpc) is 2.77. The van der Waals surface area contributed by atoms with E-state index in [0.29, 0.717) is 19.4 Å². The Morgan fingerprint density at radius 2 is 1.50 bits per heavy atom. The van der Waals surface area contributed by atoms with E-state index in [0.717, 1.165) is 33.8 Å². The van der Waals surface area contributed by atoms with Crippen LogP contribution in [0.2, 0.25) is 0 Å². The van der Waals surface area contributed by atoms with Crippen LogP contribution in [0.5, 0.6) is 11.5 Å². The Morgan fingerprint density at radius 1 is 0.786 bits per heavy atom. The zero-order valence-corrected chi connectivity index (χ0v) is 16.2. The first kappa shape index (κ1) is 19.5. The van der Waals surface area contributed by atoms with Crippen molar-refractivity contribution in [2.45, 2.75) is 19.4 Å². The monoisotopic (exact) mass is 376 g/mol. The minimum Gasteiger partial charge on any atom is -0.497 e. The first-order valence-corrected chi connectivity index (χ1v) is 9.20. The van der Waals surface area contributed by atoms with Gasteiger partial charge in [0.25, 0.3) is 0 Å². The summed E-state index contributed by atoms with van der Waals surface area (Å²) in [4.78, 5) is 11.2. The van der Waals surface area contributed by atoms with Gasteiger partial charge >= 0.3 is 5.97 Å². The second-order valence-electron chi connectivity index (χ2n) is 6.44. The zero-order valence-electron chi connectivity index (χ0n) is 16.2. The minimum atomic E-state index is -0.198. The van der Waals surface area contributed by atoms with Crippen LogP contribution < -0.4 is 9.47 Å². The summed E-state index contributed by atoms with van der Waals surface area (Å²) in [5, 5.41) is 0. The van der Waals surface area contributed by atoms with Crippen LogP contribution >= 0.6 is 0 Å². The number of ether oxygens (including phenoxy) is 3. The van der Waals surface area contributed by atoms with Crippen LogP contribution in [0.15, 0.2) is 72.8 Å². The smallest absolute Gasteiger partial charge is 0.305 e. The maximum absolute atomic E-state index is 11.2. The van der Waals surface area contributed by atoms with Gasteiger partial charge in [-0.1, -0.05) is 42.5 Å². The maximum Gasteiger partial charge on any atom is 0.305 e. The second kappa shape index (κ2) is 9.60. The van der Waals surface area contributed by atoms with E-state index in [9.17, 15) is 4.79 Å². The molecule has 0 amide bonds. The summed E-state index contributed by atoms with van der Waals surface area (Å²) < 4.78 is 15.9. The fourth-order valence-electron chi connectivity index (χ4n) is 2.91. The van der Waals surface area contributed by atoms with E-state index in [1.807, 2.05) is 48.5 Å². The molecule has 28 heavy (non-hydrogen) atoms. The summed E-state index contributed by atoms with van der Waals surface area (Å²) in [6, 6.07) is 24.1. The zero-order chi connectivity index (χ0) is 19.8. The van der Waals surface area contributed by atoms with Crippen LogP contribution in [0.4, 0.5) is 0 Å². The molecule has 3 aromatic carbocycles. The van der Waals surface area contributed by atoms with Gasteiger partial charge in [0, 0.05) is 6.42 Å². The van der Waals surface area contributed by atoms with Gasteiger partial charge in [-0.25, -0.2) is 0 Å². The van der Waals surface area contributed by atoms with Crippen molar-refractivity contribution in [3.8, 4) is 22.6 Å². The van der Waals surface area contributed by atoms with Crippen molar-refractivity contribution in [1.82, 2.24) is 0 Å². The van der Waals surface area contributed by atoms with Gasteiger partial charge in [-0.05, 0) is 59.0 Å². The Labute approximate surface area is 165 Å². The second-order valence-corrected chi connectivity index (χ2v) is 6.44. The Hall–Kier alpha value is -3.27. The number of carbonyl (C=O) groups excluding carboxylic acids is 1. The molecule has 0 unspecified atom stereocenters. The Morgan fingerprint density at radius 3 is 2.21 bits per heavy atom. The number of benzene rings is 3. The Bertz CT molecular complexity index is 916. The van der Waals surface area contributed by atoms with Crippen molar-refractivity contribution < 1.29 is 19.0 Å². The number of methoxy groups -OCH3 is 2. The van der Waals surface area contributed by atoms with Crippen molar-refractivity contribution in [3.63, 3.8) is 0 Å². The highest BCUT2D eigenvalue weighted by Gasteiger charge is 2.04. The quantitative estimate of drug-likeness (QED) is 0.516. The summed E-state index contributed by atoms with van der Waals surface area (Å²) >= 11 is 0. The van der Waals surface area contributed by atoms with Crippen LogP contribution in [0.1, 0.15) is 17.5 Å². The normalized spacial score (nSPS) is 10.4. The van der Waals surface area contributed by atoms with Gasteiger partial charge in [0.1, 0.15) is 18.1 Å². The van der Waals surface area contributed by atoms with Gasteiger partial charge in [-0.2, -0.15) is 0 Å². The first-order valence-electron chi connectivity index (χ1n) is 9.20. The molecule has 0 aromatic heterocycles. The molecule has 3 aromatic rings. The Balaban J connectivity index is 1.61. The predicted molar refractivity (Wildman–Crippen MR) is 110 cm³/mol. The van der Waals surface area contributed by atoms with Crippen LogP contribution in [-0.2, 0) is 22.6 Å². The summed E-state index contributed by atoms with van der Waals surface area (Å²) in [5.74, 6) is 1.44. The van der Waals surface area contributed by atoms with Crippen molar-refractivity contribution >= 4 is 5.97 Å². The summed E-state index contributed by atoms with van der Waals surface area (Å²) in [5.41, 5.74) is 4.40. The molecule has 0 aliphatic heterocycles. The third kappa shape index (κ3) is 5.36. The highest BCUT2D eigenvalue weighted by molar-refractivity contribution is 5.69. The molecule has 144 valence electrons. The van der Waals surface area contributed by atoms with Gasteiger partial charge in [0.2, 0.25) is 0 Å². The summed E-state index contributed by atoms with van der Waals surface area (Å²) in [7, 11) is 3.08. The van der Waals surface area contributed by atoms with Gasteiger partial charge in [0.15, 0.2) is 0 Å². The summed E-state index contributed by atoms with van der Waals surface area (Å²) in [6.07, 6.45) is 1.04. The molecule has 0 N–H and O–H groups in total. The molecule has 0 bridgehead atoms. The van der Waals surface area contributed by atoms with Gasteiger partial charge in [0.05, 0.1) is 14.2 Å². The maximum atomic E-state index is 11.2. The van der Waals surface area contributed by atoms with Gasteiger partial charge in [-0.3, -0.25) is 4.79 Å². The predicted octanol–water partition coefficient (Wildman–Crippen LogP) is 5.05. The number of aryl methyl sites for hydroxylation is 1. The first-order chi connectivity index (χ1) is 13.7. The van der Waals surface area contributed by atoms with Crippen LogP contribution in [-0.4, -0.2) is 20.2 Å². The standard InChI is InChI=1S/C24H24O4/c1-26-23-8-4-7-21(16-23)20-6-3-5-19(15-20)17-28-22-12-9-18(10-13-22)11-14-24(25)27-2/h3-10,12-13,15-16H,11,14,17H2,1-2H3. The molecule has 0 aliphatic carbocycles. The van der Waals surface area contributed by atoms with Crippen molar-refractivity contribution in [2.24, 2.45) is 0 Å². The fraction of sp³-hybridized carbons (Fsp3) is 0.208. The lowest BCUT2D eigenvalue weighted by molar-refractivity contribution is -0.140. The molecule has 0 saturated heterocycles. The van der Waals surface area contributed by atoms with Gasteiger partial charge in [-0.15, -0.1) is 0 Å². The summed E-state index contributed by atoms with van der Waals surface area (Å²) in [6.45, 7) is 0.485. The van der Waals surface area contributed by atoms with Crippen LogP contribution in [0, 0.1) is 0 Å². The van der Waals surface area contributed by atoms with Crippen molar-refractivity contribution in [2.75, 3.05) is 14.2 Å². The third-order valence-electron chi connectivity index (χ3n) is 4.50.